The molecule has 1 aliphatic rings. The number of nitrogens with one attached hydrogen (secondary N) is 3. The van der Waals surface area contributed by atoms with Crippen LogP contribution >= 0.6 is 11.3 Å². The molecule has 2 heterocycles. The summed E-state index contributed by atoms with van der Waals surface area (Å²) in [6, 6.07) is 8.38. The highest BCUT2D eigenvalue weighted by atomic mass is 32.1. The van der Waals surface area contributed by atoms with E-state index < -0.39 is 5.56 Å². The van der Waals surface area contributed by atoms with Gasteiger partial charge in [0.25, 0.3) is 17.0 Å². The lowest BCUT2D eigenvalue weighted by molar-refractivity contribution is 0.0824. The zero-order valence-corrected chi connectivity index (χ0v) is 21.7. The number of para-hydroxylation sites is 1. The van der Waals surface area contributed by atoms with Crippen LogP contribution in [0.5, 0.6) is 5.75 Å². The lowest BCUT2D eigenvalue weighted by Crippen LogP contribution is -2.37. The Kier molecular flexibility index (Phi) is 7.83. The largest absolute Gasteiger partial charge is 0.505 e. The average Bonchev–Trinajstić information content (AvgIpc) is 3.41. The number of carbonyl (C=O) groups excluding carboxylic acids is 1. The van der Waals surface area contributed by atoms with Gasteiger partial charge in [-0.2, -0.15) is 0 Å². The maximum Gasteiger partial charge on any atom is 0.291 e. The van der Waals surface area contributed by atoms with E-state index in [1.165, 1.54) is 15.6 Å². The predicted octanol–water partition coefficient (Wildman–Crippen LogP) is 4.82. The molecule has 192 valence electrons. The third kappa shape index (κ3) is 5.18. The number of H-pyrrole nitrogens is 1. The van der Waals surface area contributed by atoms with Crippen LogP contribution in [0.3, 0.4) is 0 Å². The summed E-state index contributed by atoms with van der Waals surface area (Å²) in [5, 5.41) is 21.9. The van der Waals surface area contributed by atoms with Crippen LogP contribution in [-0.4, -0.2) is 39.8 Å². The Balaban J connectivity index is 1.82. The van der Waals surface area contributed by atoms with Gasteiger partial charge >= 0.3 is 0 Å². The number of hydrogen-bond donors (Lipinski definition) is 4. The van der Waals surface area contributed by atoms with Gasteiger partial charge in [0.2, 0.25) is 0 Å². The lowest BCUT2D eigenvalue weighted by atomic mass is 9.95. The number of benzene rings is 1. The standard InChI is InChI=1S/C26H33N5O4S/c1-4-18(20-14-9-15-36-20)27-21-22(26(35)31(29-24(21)33)16-10-6-5-7-11-16)28-19-13-8-12-17(23(19)32)25(34)30(2)3/h8-9,12-16,18,27-28,32H,4-7,10-11H2,1-3H3,(H,29,33)/t18-/m1/s1. The van der Waals surface area contributed by atoms with Crippen molar-refractivity contribution in [2.45, 2.75) is 57.5 Å². The van der Waals surface area contributed by atoms with Gasteiger partial charge in [0, 0.05) is 19.0 Å². The van der Waals surface area contributed by atoms with E-state index in [9.17, 15) is 19.5 Å². The van der Waals surface area contributed by atoms with Crippen molar-refractivity contribution in [3.63, 3.8) is 0 Å². The summed E-state index contributed by atoms with van der Waals surface area (Å²) >= 11 is 1.57. The monoisotopic (exact) mass is 511 g/mol. The number of aromatic nitrogens is 2. The molecule has 0 radical (unpaired) electrons. The van der Waals surface area contributed by atoms with E-state index in [2.05, 4.69) is 15.7 Å². The van der Waals surface area contributed by atoms with Crippen molar-refractivity contribution < 1.29 is 9.90 Å². The summed E-state index contributed by atoms with van der Waals surface area (Å²) in [5.74, 6) is -0.653. The molecule has 0 saturated heterocycles. The quantitative estimate of drug-likeness (QED) is 0.322. The summed E-state index contributed by atoms with van der Waals surface area (Å²) in [5.41, 5.74) is -0.374. The highest BCUT2D eigenvalue weighted by Gasteiger charge is 2.25. The molecule has 0 bridgehead atoms. The van der Waals surface area contributed by atoms with E-state index in [1.807, 2.05) is 24.4 Å². The molecule has 4 rings (SSSR count). The number of aromatic amines is 1. The molecule has 4 N–H and O–H groups in total. The number of carbonyl (C=O) groups is 1. The topological polar surface area (TPSA) is 119 Å². The number of nitrogens with zero attached hydrogens (tertiary/aromatic N) is 2. The van der Waals surface area contributed by atoms with Crippen molar-refractivity contribution in [3.05, 3.63) is 66.9 Å². The van der Waals surface area contributed by atoms with Crippen LogP contribution in [-0.2, 0) is 0 Å². The number of hydrogen-bond acceptors (Lipinski definition) is 7. The second-order valence-electron chi connectivity index (χ2n) is 9.30. The minimum atomic E-state index is -0.419. The number of thiophene rings is 1. The Labute approximate surface area is 213 Å². The summed E-state index contributed by atoms with van der Waals surface area (Å²) in [4.78, 5) is 42.1. The first-order chi connectivity index (χ1) is 17.3. The fourth-order valence-corrected chi connectivity index (χ4v) is 5.50. The minimum absolute atomic E-state index is 0.0454. The Morgan fingerprint density at radius 3 is 2.56 bits per heavy atom. The summed E-state index contributed by atoms with van der Waals surface area (Å²) in [6.45, 7) is 2.00. The normalized spacial score (nSPS) is 14.9. The molecule has 1 aromatic carbocycles. The molecule has 9 nitrogen and oxygen atoms in total. The zero-order valence-electron chi connectivity index (χ0n) is 20.8. The molecule has 1 atom stereocenters. The first kappa shape index (κ1) is 25.6. The number of aromatic hydroxyl groups is 1. The SMILES string of the molecule is CC[C@@H](Nc1c(Nc2cccc(C(=O)N(C)C)c2O)c(=O)n(C2CCCCC2)[nH]c1=O)c1cccs1. The van der Waals surface area contributed by atoms with E-state index in [0.29, 0.717) is 6.42 Å². The van der Waals surface area contributed by atoms with Crippen LogP contribution in [0.2, 0.25) is 0 Å². The Hall–Kier alpha value is -3.53. The van der Waals surface area contributed by atoms with E-state index in [0.717, 1.165) is 37.0 Å². The van der Waals surface area contributed by atoms with Gasteiger partial charge in [0.15, 0.2) is 5.75 Å². The highest BCUT2D eigenvalue weighted by molar-refractivity contribution is 7.10. The van der Waals surface area contributed by atoms with E-state index in [1.54, 1.807) is 37.6 Å². The van der Waals surface area contributed by atoms with Crippen LogP contribution in [0.1, 0.15) is 72.8 Å². The Morgan fingerprint density at radius 1 is 1.17 bits per heavy atom. The van der Waals surface area contributed by atoms with Crippen molar-refractivity contribution >= 4 is 34.3 Å². The predicted molar refractivity (Wildman–Crippen MR) is 144 cm³/mol. The molecule has 0 unspecified atom stereocenters. The van der Waals surface area contributed by atoms with Crippen molar-refractivity contribution in [1.29, 1.82) is 0 Å². The van der Waals surface area contributed by atoms with Crippen molar-refractivity contribution in [3.8, 4) is 5.75 Å². The van der Waals surface area contributed by atoms with Gasteiger partial charge in [-0.25, -0.2) is 4.68 Å². The van der Waals surface area contributed by atoms with Crippen LogP contribution in [0.4, 0.5) is 17.1 Å². The molecule has 36 heavy (non-hydrogen) atoms. The Morgan fingerprint density at radius 2 is 1.92 bits per heavy atom. The molecule has 1 amide bonds. The molecule has 1 aliphatic carbocycles. The Bertz CT molecular complexity index is 1320. The number of anilines is 3. The molecule has 1 saturated carbocycles. The second kappa shape index (κ2) is 11.0. The fourth-order valence-electron chi connectivity index (χ4n) is 4.64. The number of rotatable bonds is 8. The van der Waals surface area contributed by atoms with Crippen molar-refractivity contribution in [1.82, 2.24) is 14.7 Å². The minimum Gasteiger partial charge on any atom is -0.505 e. The van der Waals surface area contributed by atoms with Crippen LogP contribution < -0.4 is 21.8 Å². The van der Waals surface area contributed by atoms with Crippen LogP contribution in [0, 0.1) is 0 Å². The second-order valence-corrected chi connectivity index (χ2v) is 10.3. The molecule has 2 aromatic heterocycles. The van der Waals surface area contributed by atoms with Crippen LogP contribution in [0.25, 0.3) is 0 Å². The van der Waals surface area contributed by atoms with Gasteiger partial charge in [0.05, 0.1) is 23.3 Å². The average molecular weight is 512 g/mol. The van der Waals surface area contributed by atoms with Crippen LogP contribution in [0.15, 0.2) is 45.3 Å². The highest BCUT2D eigenvalue weighted by Crippen LogP contribution is 2.34. The first-order valence-corrected chi connectivity index (χ1v) is 13.2. The fraction of sp³-hybridized carbons (Fsp3) is 0.423. The maximum absolute atomic E-state index is 13.8. The number of phenols is 1. The van der Waals surface area contributed by atoms with Crippen molar-refractivity contribution in [2.75, 3.05) is 24.7 Å². The van der Waals surface area contributed by atoms with Gasteiger partial charge in [-0.05, 0) is 42.8 Å². The molecule has 1 fully saturated rings. The maximum atomic E-state index is 13.8. The van der Waals surface area contributed by atoms with Gasteiger partial charge in [-0.3, -0.25) is 19.5 Å². The summed E-state index contributed by atoms with van der Waals surface area (Å²) in [7, 11) is 3.19. The molecule has 10 heteroatoms. The first-order valence-electron chi connectivity index (χ1n) is 12.3. The van der Waals surface area contributed by atoms with E-state index in [4.69, 9.17) is 0 Å². The van der Waals surface area contributed by atoms with E-state index >= 15 is 0 Å². The summed E-state index contributed by atoms with van der Waals surface area (Å²) < 4.78 is 1.42. The molecule has 3 aromatic rings. The third-order valence-electron chi connectivity index (χ3n) is 6.62. The number of amides is 1. The van der Waals surface area contributed by atoms with Gasteiger partial charge in [-0.15, -0.1) is 11.3 Å². The molecule has 0 spiro atoms. The summed E-state index contributed by atoms with van der Waals surface area (Å²) in [6.07, 6.45) is 5.42. The lowest BCUT2D eigenvalue weighted by Gasteiger charge is -2.26. The number of phenolic OH excluding ortho intramolecular Hbond substituents is 1. The third-order valence-corrected chi connectivity index (χ3v) is 7.60. The molecular weight excluding hydrogens is 478 g/mol. The zero-order chi connectivity index (χ0) is 25.8. The van der Waals surface area contributed by atoms with Gasteiger partial charge < -0.3 is 20.6 Å². The van der Waals surface area contributed by atoms with Crippen molar-refractivity contribution in [2.24, 2.45) is 0 Å². The molecule has 0 aliphatic heterocycles. The van der Waals surface area contributed by atoms with Gasteiger partial charge in [-0.1, -0.05) is 38.3 Å². The smallest absolute Gasteiger partial charge is 0.291 e. The molecular formula is C26H33N5O4S. The van der Waals surface area contributed by atoms with Gasteiger partial charge in [0.1, 0.15) is 11.4 Å². The van der Waals surface area contributed by atoms with E-state index in [-0.39, 0.29) is 51.9 Å².